The third kappa shape index (κ3) is 5.40. The maximum absolute atomic E-state index is 12.2. The third-order valence-corrected chi connectivity index (χ3v) is 4.72. The van der Waals surface area contributed by atoms with Crippen LogP contribution in [0.5, 0.6) is 5.75 Å². The summed E-state index contributed by atoms with van der Waals surface area (Å²) in [5, 5.41) is 8.70. The van der Waals surface area contributed by atoms with Crippen molar-refractivity contribution in [2.45, 2.75) is 19.8 Å². The number of ether oxygens (including phenoxy) is 1. The number of sulfonamides is 1. The first-order valence-corrected chi connectivity index (χ1v) is 8.57. The van der Waals surface area contributed by atoms with E-state index in [-0.39, 0.29) is 25.1 Å². The van der Waals surface area contributed by atoms with E-state index in [0.29, 0.717) is 18.0 Å². The molecule has 1 aromatic carbocycles. The number of hydrogen-bond acceptors (Lipinski definition) is 4. The van der Waals surface area contributed by atoms with E-state index in [4.69, 9.17) is 9.84 Å². The molecule has 1 N–H and O–H groups in total. The van der Waals surface area contributed by atoms with Gasteiger partial charge >= 0.3 is 5.97 Å². The molecule has 0 spiro atoms. The SMILES string of the molecule is C=CCOc1cccc(N(CCCC(=O)O)S(=O)(=O)CC)c1. The standard InChI is InChI=1S/C15H21NO5S/c1-3-11-21-14-8-5-7-13(12-14)16(22(19,20)4-2)10-6-9-15(17)18/h3,5,7-8,12H,1,4,6,9-11H2,2H3,(H,17,18). The second kappa shape index (κ2) is 8.43. The predicted molar refractivity (Wildman–Crippen MR) is 85.8 cm³/mol. The first kappa shape index (κ1) is 18.0. The molecule has 122 valence electrons. The van der Waals surface area contributed by atoms with Gasteiger partial charge in [-0.1, -0.05) is 18.7 Å². The molecular weight excluding hydrogens is 306 g/mol. The van der Waals surface area contributed by atoms with E-state index in [1.165, 1.54) is 4.31 Å². The molecule has 0 aromatic heterocycles. The quantitative estimate of drug-likeness (QED) is 0.667. The topological polar surface area (TPSA) is 83.9 Å². The molecule has 0 aliphatic rings. The molecule has 0 amide bonds. The highest BCUT2D eigenvalue weighted by atomic mass is 32.2. The van der Waals surface area contributed by atoms with E-state index in [2.05, 4.69) is 6.58 Å². The lowest BCUT2D eigenvalue weighted by Gasteiger charge is -2.24. The van der Waals surface area contributed by atoms with Gasteiger partial charge in [0.1, 0.15) is 12.4 Å². The van der Waals surface area contributed by atoms with Gasteiger partial charge in [0.15, 0.2) is 0 Å². The van der Waals surface area contributed by atoms with Crippen molar-refractivity contribution in [2.24, 2.45) is 0 Å². The minimum Gasteiger partial charge on any atom is -0.489 e. The van der Waals surface area contributed by atoms with Crippen LogP contribution in [0, 0.1) is 0 Å². The summed E-state index contributed by atoms with van der Waals surface area (Å²) in [4.78, 5) is 10.6. The van der Waals surface area contributed by atoms with Gasteiger partial charge < -0.3 is 9.84 Å². The Morgan fingerprint density at radius 2 is 2.18 bits per heavy atom. The number of nitrogens with zero attached hydrogens (tertiary/aromatic N) is 1. The van der Waals surface area contributed by atoms with Crippen molar-refractivity contribution in [2.75, 3.05) is 23.2 Å². The Morgan fingerprint density at radius 3 is 2.77 bits per heavy atom. The van der Waals surface area contributed by atoms with Gasteiger partial charge in [-0.3, -0.25) is 9.10 Å². The lowest BCUT2D eigenvalue weighted by molar-refractivity contribution is -0.137. The molecule has 0 atom stereocenters. The summed E-state index contributed by atoms with van der Waals surface area (Å²) >= 11 is 0. The fourth-order valence-corrected chi connectivity index (χ4v) is 3.00. The Morgan fingerprint density at radius 1 is 1.45 bits per heavy atom. The van der Waals surface area contributed by atoms with Gasteiger partial charge in [-0.25, -0.2) is 8.42 Å². The van der Waals surface area contributed by atoms with Crippen molar-refractivity contribution in [3.8, 4) is 5.75 Å². The van der Waals surface area contributed by atoms with Crippen LogP contribution in [0.4, 0.5) is 5.69 Å². The zero-order valence-electron chi connectivity index (χ0n) is 12.6. The van der Waals surface area contributed by atoms with Crippen LogP contribution in [-0.2, 0) is 14.8 Å². The van der Waals surface area contributed by atoms with Crippen molar-refractivity contribution in [3.05, 3.63) is 36.9 Å². The Kier molecular flexibility index (Phi) is 6.91. The molecule has 0 aliphatic carbocycles. The van der Waals surface area contributed by atoms with Crippen molar-refractivity contribution in [1.29, 1.82) is 0 Å². The molecule has 6 nitrogen and oxygen atoms in total. The van der Waals surface area contributed by atoms with Crippen LogP contribution in [0.15, 0.2) is 36.9 Å². The summed E-state index contributed by atoms with van der Waals surface area (Å²) in [7, 11) is -3.48. The smallest absolute Gasteiger partial charge is 0.303 e. The monoisotopic (exact) mass is 327 g/mol. The summed E-state index contributed by atoms with van der Waals surface area (Å²) < 4.78 is 31.1. The molecule has 0 aliphatic heterocycles. The summed E-state index contributed by atoms with van der Waals surface area (Å²) in [6.45, 7) is 5.55. The van der Waals surface area contributed by atoms with E-state index in [9.17, 15) is 13.2 Å². The maximum Gasteiger partial charge on any atom is 0.303 e. The van der Waals surface area contributed by atoms with Crippen LogP contribution < -0.4 is 9.04 Å². The number of benzene rings is 1. The summed E-state index contributed by atoms with van der Waals surface area (Å²) in [5.41, 5.74) is 0.466. The van der Waals surface area contributed by atoms with Gasteiger partial charge in [0.2, 0.25) is 10.0 Å². The maximum atomic E-state index is 12.2. The Hall–Kier alpha value is -2.02. The molecule has 1 rings (SSSR count). The largest absolute Gasteiger partial charge is 0.489 e. The highest BCUT2D eigenvalue weighted by Crippen LogP contribution is 2.24. The van der Waals surface area contributed by atoms with E-state index in [1.54, 1.807) is 37.3 Å². The Balaban J connectivity index is 2.99. The molecule has 0 saturated heterocycles. The molecule has 0 heterocycles. The number of carbonyl (C=O) groups is 1. The predicted octanol–water partition coefficient (Wildman–Crippen LogP) is 2.27. The molecule has 22 heavy (non-hydrogen) atoms. The number of hydrogen-bond donors (Lipinski definition) is 1. The average molecular weight is 327 g/mol. The summed E-state index contributed by atoms with van der Waals surface area (Å²) in [6, 6.07) is 6.70. The zero-order chi connectivity index (χ0) is 16.6. The minimum atomic E-state index is -3.48. The van der Waals surface area contributed by atoms with E-state index in [1.807, 2.05) is 0 Å². The van der Waals surface area contributed by atoms with Gasteiger partial charge in [-0.15, -0.1) is 0 Å². The molecular formula is C15H21NO5S. The highest BCUT2D eigenvalue weighted by molar-refractivity contribution is 7.92. The first-order valence-electron chi connectivity index (χ1n) is 6.96. The van der Waals surface area contributed by atoms with E-state index < -0.39 is 16.0 Å². The fourth-order valence-electron chi connectivity index (χ4n) is 1.84. The van der Waals surface area contributed by atoms with Gasteiger partial charge in [0.05, 0.1) is 11.4 Å². The van der Waals surface area contributed by atoms with Crippen LogP contribution in [0.2, 0.25) is 0 Å². The third-order valence-electron chi connectivity index (χ3n) is 2.93. The fraction of sp³-hybridized carbons (Fsp3) is 0.400. The van der Waals surface area contributed by atoms with E-state index >= 15 is 0 Å². The van der Waals surface area contributed by atoms with Crippen LogP contribution in [0.3, 0.4) is 0 Å². The molecule has 0 bridgehead atoms. The van der Waals surface area contributed by atoms with Crippen molar-refractivity contribution in [1.82, 2.24) is 0 Å². The molecule has 0 radical (unpaired) electrons. The van der Waals surface area contributed by atoms with Gasteiger partial charge in [0, 0.05) is 19.0 Å². The van der Waals surface area contributed by atoms with E-state index in [0.717, 1.165) is 0 Å². The minimum absolute atomic E-state index is 0.0577. The van der Waals surface area contributed by atoms with Crippen LogP contribution in [-0.4, -0.2) is 38.4 Å². The van der Waals surface area contributed by atoms with Gasteiger partial charge in [-0.2, -0.15) is 0 Å². The number of anilines is 1. The number of carboxylic acid groups (broad SMARTS) is 1. The lowest BCUT2D eigenvalue weighted by atomic mass is 10.2. The van der Waals surface area contributed by atoms with Crippen molar-refractivity contribution >= 4 is 21.7 Å². The van der Waals surface area contributed by atoms with Gasteiger partial charge in [-0.05, 0) is 25.5 Å². The van der Waals surface area contributed by atoms with Gasteiger partial charge in [0.25, 0.3) is 0 Å². The normalized spacial score (nSPS) is 11.0. The molecule has 7 heteroatoms. The zero-order valence-corrected chi connectivity index (χ0v) is 13.4. The second-order valence-corrected chi connectivity index (χ2v) is 6.75. The number of carboxylic acids is 1. The summed E-state index contributed by atoms with van der Waals surface area (Å²) in [5.74, 6) is -0.471. The Labute approximate surface area is 131 Å². The molecule has 1 aromatic rings. The van der Waals surface area contributed by atoms with Crippen molar-refractivity contribution < 1.29 is 23.1 Å². The van der Waals surface area contributed by atoms with Crippen molar-refractivity contribution in [3.63, 3.8) is 0 Å². The highest BCUT2D eigenvalue weighted by Gasteiger charge is 2.21. The number of rotatable bonds is 10. The van der Waals surface area contributed by atoms with Crippen LogP contribution >= 0.6 is 0 Å². The average Bonchev–Trinajstić information content (AvgIpc) is 2.49. The number of aliphatic carboxylic acids is 1. The van der Waals surface area contributed by atoms with Crippen LogP contribution in [0.1, 0.15) is 19.8 Å². The van der Waals surface area contributed by atoms with Crippen LogP contribution in [0.25, 0.3) is 0 Å². The second-order valence-electron chi connectivity index (χ2n) is 4.57. The lowest BCUT2D eigenvalue weighted by Crippen LogP contribution is -2.33. The molecule has 0 unspecified atom stereocenters. The first-order chi connectivity index (χ1) is 10.4. The molecule has 0 fully saturated rings. The summed E-state index contributed by atoms with van der Waals surface area (Å²) in [6.07, 6.45) is 1.76. The Bertz CT molecular complexity index is 612. The molecule has 0 saturated carbocycles.